The Balaban J connectivity index is 0.000000193. The predicted octanol–water partition coefficient (Wildman–Crippen LogP) is 8.96. The molecule has 2 heterocycles. The molecule has 41 heavy (non-hydrogen) atoms. The van der Waals surface area contributed by atoms with E-state index in [1.165, 1.54) is 0 Å². The molecule has 4 heteroatoms. The van der Waals surface area contributed by atoms with Crippen LogP contribution in [0, 0.1) is 31.0 Å². The first-order chi connectivity index (χ1) is 19.8. The van der Waals surface area contributed by atoms with Crippen LogP contribution in [0.25, 0.3) is 27.4 Å². The molecule has 3 nitrogen and oxygen atoms in total. The van der Waals surface area contributed by atoms with Crippen molar-refractivity contribution in [3.8, 4) is 28.4 Å². The van der Waals surface area contributed by atoms with Crippen LogP contribution in [0.2, 0.25) is 0 Å². The van der Waals surface area contributed by atoms with Crippen LogP contribution >= 0.6 is 0 Å². The number of rotatable bonds is 2. The molecule has 0 unspecified atom stereocenters. The number of nitrogens with zero attached hydrogens (tertiary/aromatic N) is 3. The van der Waals surface area contributed by atoms with E-state index in [1.807, 2.05) is 133 Å². The third-order valence-electron chi connectivity index (χ3n) is 5.10. The van der Waals surface area contributed by atoms with E-state index in [-0.39, 0.29) is 20.1 Å². The minimum Gasteiger partial charge on any atom is -0.366 e. The molecule has 0 aliphatic heterocycles. The molecule has 0 spiro atoms. The van der Waals surface area contributed by atoms with Gasteiger partial charge in [-0.1, -0.05) is 72.8 Å². The van der Waals surface area contributed by atoms with Crippen molar-refractivity contribution in [2.75, 3.05) is 0 Å². The number of aromatic nitrogens is 2. The summed E-state index contributed by atoms with van der Waals surface area (Å²) in [5.74, 6) is 2.28. The second kappa shape index (κ2) is 19.9. The average molecular weight is 705 g/mol. The van der Waals surface area contributed by atoms with Crippen LogP contribution in [0.4, 0.5) is 5.69 Å². The van der Waals surface area contributed by atoms with Gasteiger partial charge in [0.1, 0.15) is 0 Å². The molecule has 0 N–H and O–H groups in total. The van der Waals surface area contributed by atoms with E-state index in [2.05, 4.69) is 32.9 Å². The topological polar surface area (TPSA) is 30.1 Å². The first-order valence-electron chi connectivity index (χ1n) is 12.5. The fourth-order valence-electron chi connectivity index (χ4n) is 3.17. The van der Waals surface area contributed by atoms with Crippen molar-refractivity contribution < 1.29 is 20.1 Å². The molecule has 6 rings (SSSR count). The van der Waals surface area contributed by atoms with Crippen LogP contribution in [0.15, 0.2) is 158 Å². The van der Waals surface area contributed by atoms with E-state index in [0.717, 1.165) is 28.1 Å². The van der Waals surface area contributed by atoms with Crippen LogP contribution in [0.1, 0.15) is 5.56 Å². The van der Waals surface area contributed by atoms with Crippen molar-refractivity contribution in [3.63, 3.8) is 0 Å². The van der Waals surface area contributed by atoms with Gasteiger partial charge >= 0.3 is 0 Å². The second-order valence-electron chi connectivity index (χ2n) is 7.92. The average Bonchev–Trinajstić information content (AvgIpc) is 3.08. The molecule has 0 aliphatic rings. The van der Waals surface area contributed by atoms with Crippen LogP contribution in [-0.4, -0.2) is 9.97 Å². The maximum Gasteiger partial charge on any atom is 0.187 e. The molecule has 0 fully saturated rings. The summed E-state index contributed by atoms with van der Waals surface area (Å²) in [5.41, 5.74) is 5.55. The van der Waals surface area contributed by atoms with Gasteiger partial charge in [0.05, 0.1) is 6.57 Å². The second-order valence-corrected chi connectivity index (χ2v) is 7.92. The van der Waals surface area contributed by atoms with E-state index in [1.54, 1.807) is 24.5 Å². The summed E-state index contributed by atoms with van der Waals surface area (Å²) < 4.78 is 0. The van der Waals surface area contributed by atoms with Crippen LogP contribution < -0.4 is 0 Å². The summed E-state index contributed by atoms with van der Waals surface area (Å²) in [7, 11) is 0. The molecule has 0 saturated heterocycles. The van der Waals surface area contributed by atoms with Crippen molar-refractivity contribution >= 4 is 5.69 Å². The Morgan fingerprint density at radius 3 is 1.29 bits per heavy atom. The van der Waals surface area contributed by atoms with Crippen molar-refractivity contribution in [3.05, 3.63) is 194 Å². The largest absolute Gasteiger partial charge is 0.366 e. The Bertz CT molecular complexity index is 1360. The first-order valence-corrected chi connectivity index (χ1v) is 12.5. The van der Waals surface area contributed by atoms with Gasteiger partial charge in [0.25, 0.3) is 0 Å². The Morgan fingerprint density at radius 2 is 0.976 bits per heavy atom. The van der Waals surface area contributed by atoms with Crippen molar-refractivity contribution in [2.24, 2.45) is 0 Å². The van der Waals surface area contributed by atoms with Gasteiger partial charge in [-0.25, -0.2) is 4.85 Å². The van der Waals surface area contributed by atoms with E-state index >= 15 is 0 Å². The van der Waals surface area contributed by atoms with Crippen LogP contribution in [0.3, 0.4) is 0 Å². The summed E-state index contributed by atoms with van der Waals surface area (Å²) in [6.07, 6.45) is 10.3. The summed E-state index contributed by atoms with van der Waals surface area (Å²) in [6, 6.07) is 52.2. The zero-order valence-electron chi connectivity index (χ0n) is 22.2. The normalized spacial score (nSPS) is 8.73. The molecule has 2 aromatic heterocycles. The zero-order chi connectivity index (χ0) is 28.1. The smallest absolute Gasteiger partial charge is 0.187 e. The fraction of sp³-hybridized carbons (Fsp3) is 0. The molecule has 1 radical (unpaired) electrons. The van der Waals surface area contributed by atoms with Gasteiger partial charge in [-0.2, -0.15) is 0 Å². The monoisotopic (exact) mass is 705 g/mol. The Kier molecular flexibility index (Phi) is 15.6. The minimum atomic E-state index is 0. The number of pyridine rings is 2. The molecule has 0 atom stereocenters. The minimum absolute atomic E-state index is 0. The van der Waals surface area contributed by atoms with Crippen molar-refractivity contribution in [2.45, 2.75) is 0 Å². The summed E-state index contributed by atoms with van der Waals surface area (Å²) >= 11 is 0. The summed E-state index contributed by atoms with van der Waals surface area (Å²) in [5, 5.41) is 0. The van der Waals surface area contributed by atoms with E-state index in [0.29, 0.717) is 5.69 Å². The quantitative estimate of drug-likeness (QED) is 0.133. The maximum absolute atomic E-state index is 6.69. The molecule has 0 amide bonds. The van der Waals surface area contributed by atoms with E-state index in [9.17, 15) is 0 Å². The summed E-state index contributed by atoms with van der Waals surface area (Å²) in [6.45, 7) is 6.57. The Hall–Kier alpha value is -5.12. The molecule has 6 aromatic rings. The van der Waals surface area contributed by atoms with Gasteiger partial charge < -0.3 is 16.4 Å². The molecule has 0 bridgehead atoms. The fourth-order valence-corrected chi connectivity index (χ4v) is 3.17. The zero-order valence-corrected chi connectivity index (χ0v) is 24.6. The summed E-state index contributed by atoms with van der Waals surface area (Å²) in [4.78, 5) is 11.7. The molecule has 201 valence electrons. The van der Waals surface area contributed by atoms with E-state index < -0.39 is 0 Å². The molecular formula is C37H26IrN3-3. The van der Waals surface area contributed by atoms with Crippen LogP contribution in [0.5, 0.6) is 0 Å². The van der Waals surface area contributed by atoms with Gasteiger partial charge in [-0.3, -0.25) is 5.92 Å². The van der Waals surface area contributed by atoms with Gasteiger partial charge in [-0.05, 0) is 23.5 Å². The van der Waals surface area contributed by atoms with Gasteiger partial charge in [0.2, 0.25) is 0 Å². The third kappa shape index (κ3) is 12.5. The predicted molar refractivity (Wildman–Crippen MR) is 162 cm³/mol. The molecule has 4 aromatic carbocycles. The van der Waals surface area contributed by atoms with Crippen molar-refractivity contribution in [1.29, 1.82) is 0 Å². The molecular weight excluding hydrogens is 679 g/mol. The van der Waals surface area contributed by atoms with Gasteiger partial charge in [-0.15, -0.1) is 89.5 Å². The number of para-hydroxylation sites is 1. The number of hydrogen-bond donors (Lipinski definition) is 0. The van der Waals surface area contributed by atoms with Crippen LogP contribution in [-0.2, 0) is 20.1 Å². The SMILES string of the molecule is [C-]#Cc1ccccc1.[C-]#[N+]c1ccccc1.[Ir].[c-]1ccccc1-c1ccccn1.[c-]1ccccc1-c1ccccn1. The van der Waals surface area contributed by atoms with E-state index in [4.69, 9.17) is 13.0 Å². The Labute approximate surface area is 256 Å². The number of hydrogen-bond acceptors (Lipinski definition) is 2. The molecule has 0 saturated carbocycles. The Morgan fingerprint density at radius 1 is 0.537 bits per heavy atom. The van der Waals surface area contributed by atoms with Gasteiger partial charge in [0, 0.05) is 32.5 Å². The first kappa shape index (κ1) is 32.1. The van der Waals surface area contributed by atoms with Crippen molar-refractivity contribution in [1.82, 2.24) is 9.97 Å². The maximum atomic E-state index is 6.69. The molecule has 0 aliphatic carbocycles. The number of benzene rings is 4. The van der Waals surface area contributed by atoms with Gasteiger partial charge in [0.15, 0.2) is 5.69 Å². The third-order valence-corrected chi connectivity index (χ3v) is 5.10. The standard InChI is InChI=1S/2C11H8N.C8H5.C7H5N.Ir/c2*1-2-6-10(7-3-1)11-8-4-5-9-12-11;1-2-8-6-4-3-5-7-8;1-8-7-5-3-2-4-6-7;/h2*1-6,8-9H;3-7H;2-6H;/q3*-1;;.